The zero-order valence-electron chi connectivity index (χ0n) is 3.44. The highest BCUT2D eigenvalue weighted by atomic mass is 14.9. The van der Waals surface area contributed by atoms with E-state index in [1.165, 1.54) is 0 Å². The molecule has 0 atom stereocenters. The van der Waals surface area contributed by atoms with Crippen molar-refractivity contribution >= 4 is 6.21 Å². The number of nitrogens with one attached hydrogen (secondary N) is 2. The van der Waals surface area contributed by atoms with Crippen molar-refractivity contribution in [3.8, 4) is 0 Å². The van der Waals surface area contributed by atoms with Gasteiger partial charge in [-0.2, -0.15) is 0 Å². The Labute approximate surface area is 36.6 Å². The number of rotatable bonds is 0. The van der Waals surface area contributed by atoms with E-state index in [1.54, 1.807) is 0 Å². The first kappa shape index (κ1) is 3.40. The Morgan fingerprint density at radius 1 is 1.67 bits per heavy atom. The molecule has 0 aromatic rings. The summed E-state index contributed by atoms with van der Waals surface area (Å²) in [6.07, 6.45) is 5.67. The van der Waals surface area contributed by atoms with Crippen molar-refractivity contribution in [2.45, 2.75) is 0 Å². The van der Waals surface area contributed by atoms with E-state index in [0.717, 1.165) is 6.54 Å². The van der Waals surface area contributed by atoms with Gasteiger partial charge in [-0.3, -0.25) is 0 Å². The lowest BCUT2D eigenvalue weighted by molar-refractivity contribution is -0.370. The summed E-state index contributed by atoms with van der Waals surface area (Å²) in [6.45, 7) is 0.927. The van der Waals surface area contributed by atoms with Gasteiger partial charge in [0.25, 0.3) is 0 Å². The van der Waals surface area contributed by atoms with Crippen molar-refractivity contribution in [2.24, 2.45) is 0 Å². The molecular formula is C4H7N2+. The first-order chi connectivity index (χ1) is 3.00. The molecule has 0 fully saturated rings. The lowest BCUT2D eigenvalue weighted by atomic mass is 10.6. The van der Waals surface area contributed by atoms with Crippen LogP contribution in [0.5, 0.6) is 0 Å². The minimum absolute atomic E-state index is 0.927. The second kappa shape index (κ2) is 1.60. The predicted molar refractivity (Wildman–Crippen MR) is 24.2 cm³/mol. The normalized spacial score (nSPS) is 17.3. The third kappa shape index (κ3) is 0.578. The molecule has 0 aliphatic carbocycles. The van der Waals surface area contributed by atoms with Crippen LogP contribution >= 0.6 is 0 Å². The van der Waals surface area contributed by atoms with Crippen LogP contribution in [0.2, 0.25) is 0 Å². The van der Waals surface area contributed by atoms with Crippen molar-refractivity contribution in [3.05, 3.63) is 12.4 Å². The summed E-state index contributed by atoms with van der Waals surface area (Å²) in [5, 5.41) is 2.99. The van der Waals surface area contributed by atoms with Crippen molar-refractivity contribution in [2.75, 3.05) is 6.54 Å². The van der Waals surface area contributed by atoms with Gasteiger partial charge in [-0.1, -0.05) is 0 Å². The molecule has 6 heavy (non-hydrogen) atoms. The molecule has 0 saturated heterocycles. The lowest BCUT2D eigenvalue weighted by Gasteiger charge is -1.88. The molecule has 0 aromatic heterocycles. The molecule has 1 heterocycles. The second-order valence-corrected chi connectivity index (χ2v) is 1.11. The molecule has 0 amide bonds. The maximum atomic E-state index is 2.99. The standard InChI is InChI=1S/C4H6N2/c1-2-6-4-3-5-1/h1-3,6H,4H2/p+1. The number of hydrogen-bond acceptors (Lipinski definition) is 1. The zero-order chi connectivity index (χ0) is 4.24. The summed E-state index contributed by atoms with van der Waals surface area (Å²) in [7, 11) is 0. The summed E-state index contributed by atoms with van der Waals surface area (Å²) >= 11 is 0. The van der Waals surface area contributed by atoms with E-state index < -0.39 is 0 Å². The van der Waals surface area contributed by atoms with Crippen LogP contribution < -0.4 is 10.3 Å². The maximum absolute atomic E-state index is 2.99. The van der Waals surface area contributed by atoms with E-state index in [-0.39, 0.29) is 0 Å². The molecule has 0 bridgehead atoms. The molecular weight excluding hydrogens is 76.1 g/mol. The van der Waals surface area contributed by atoms with Crippen LogP contribution in [0, 0.1) is 0 Å². The third-order valence-corrected chi connectivity index (χ3v) is 0.635. The highest BCUT2D eigenvalue weighted by molar-refractivity contribution is 5.53. The first-order valence-corrected chi connectivity index (χ1v) is 1.96. The van der Waals surface area contributed by atoms with Gasteiger partial charge in [0.05, 0.1) is 12.7 Å². The quantitative estimate of drug-likeness (QED) is 0.355. The zero-order valence-corrected chi connectivity index (χ0v) is 3.44. The summed E-state index contributed by atoms with van der Waals surface area (Å²) in [4.78, 5) is 2.92. The fourth-order valence-electron chi connectivity index (χ4n) is 0.361. The smallest absolute Gasteiger partial charge is 0.182 e. The third-order valence-electron chi connectivity index (χ3n) is 0.635. The van der Waals surface area contributed by atoms with E-state index >= 15 is 0 Å². The van der Waals surface area contributed by atoms with Crippen LogP contribution in [0.25, 0.3) is 0 Å². The van der Waals surface area contributed by atoms with Crippen molar-refractivity contribution in [1.82, 2.24) is 5.32 Å². The largest absolute Gasteiger partial charge is 0.377 e. The summed E-state index contributed by atoms with van der Waals surface area (Å²) in [6, 6.07) is 0. The van der Waals surface area contributed by atoms with Gasteiger partial charge in [0.15, 0.2) is 12.4 Å². The van der Waals surface area contributed by atoms with E-state index in [2.05, 4.69) is 10.3 Å². The highest BCUT2D eigenvalue weighted by Crippen LogP contribution is 1.52. The molecule has 0 unspecified atom stereocenters. The van der Waals surface area contributed by atoms with Gasteiger partial charge >= 0.3 is 0 Å². The predicted octanol–water partition coefficient (Wildman–Crippen LogP) is -1.79. The van der Waals surface area contributed by atoms with Crippen LogP contribution in [0.4, 0.5) is 0 Å². The molecule has 32 valence electrons. The Balaban J connectivity index is 2.46. The molecule has 1 rings (SSSR count). The average molecular weight is 83.1 g/mol. The summed E-state index contributed by atoms with van der Waals surface area (Å²) in [5.74, 6) is 0. The minimum Gasteiger partial charge on any atom is -0.377 e. The molecule has 0 saturated carbocycles. The molecule has 1 aliphatic heterocycles. The monoisotopic (exact) mass is 83.1 g/mol. The molecule has 0 spiro atoms. The van der Waals surface area contributed by atoms with Gasteiger partial charge in [0, 0.05) is 0 Å². The van der Waals surface area contributed by atoms with E-state index in [1.807, 2.05) is 18.6 Å². The van der Waals surface area contributed by atoms with Gasteiger partial charge in [0.2, 0.25) is 0 Å². The Bertz CT molecular complexity index is 71.5. The molecule has 2 heteroatoms. The molecule has 0 aromatic carbocycles. The minimum atomic E-state index is 0.927. The molecule has 2 nitrogen and oxygen atoms in total. The first-order valence-electron chi connectivity index (χ1n) is 1.96. The maximum Gasteiger partial charge on any atom is 0.182 e. The molecule has 1 aliphatic rings. The average Bonchev–Trinajstić information content (AvgIpc) is 1.72. The Kier molecular flexibility index (Phi) is 0.906. The topological polar surface area (TPSA) is 26.0 Å². The van der Waals surface area contributed by atoms with E-state index in [4.69, 9.17) is 0 Å². The van der Waals surface area contributed by atoms with Crippen LogP contribution in [-0.2, 0) is 0 Å². The van der Waals surface area contributed by atoms with Crippen molar-refractivity contribution in [3.63, 3.8) is 0 Å². The summed E-state index contributed by atoms with van der Waals surface area (Å²) in [5.41, 5.74) is 0. The van der Waals surface area contributed by atoms with Gasteiger partial charge in [-0.15, -0.1) is 0 Å². The fraction of sp³-hybridized carbons (Fsp3) is 0.250. The number of hydrogen-bond donors (Lipinski definition) is 2. The summed E-state index contributed by atoms with van der Waals surface area (Å²) < 4.78 is 0. The van der Waals surface area contributed by atoms with Gasteiger partial charge in [-0.05, 0) is 0 Å². The SMILES string of the molecule is C1=C[NH+]=CCN1. The van der Waals surface area contributed by atoms with Crippen molar-refractivity contribution < 1.29 is 4.99 Å². The van der Waals surface area contributed by atoms with Crippen LogP contribution in [0.1, 0.15) is 0 Å². The van der Waals surface area contributed by atoms with Crippen LogP contribution in [-0.4, -0.2) is 12.8 Å². The van der Waals surface area contributed by atoms with E-state index in [0.29, 0.717) is 0 Å². The van der Waals surface area contributed by atoms with Gasteiger partial charge in [0.1, 0.15) is 0 Å². The second-order valence-electron chi connectivity index (χ2n) is 1.11. The lowest BCUT2D eigenvalue weighted by Crippen LogP contribution is -2.64. The highest BCUT2D eigenvalue weighted by Gasteiger charge is 1.81. The van der Waals surface area contributed by atoms with Gasteiger partial charge in [-0.25, -0.2) is 4.99 Å². The molecule has 2 N–H and O–H groups in total. The van der Waals surface area contributed by atoms with Crippen LogP contribution in [0.3, 0.4) is 0 Å². The van der Waals surface area contributed by atoms with Crippen molar-refractivity contribution in [1.29, 1.82) is 0 Å². The Hall–Kier alpha value is -0.790. The van der Waals surface area contributed by atoms with E-state index in [9.17, 15) is 0 Å². The van der Waals surface area contributed by atoms with Gasteiger partial charge < -0.3 is 5.32 Å². The fourth-order valence-corrected chi connectivity index (χ4v) is 0.361. The van der Waals surface area contributed by atoms with Crippen LogP contribution in [0.15, 0.2) is 12.4 Å². The Morgan fingerprint density at radius 3 is 2.83 bits per heavy atom. The molecule has 0 radical (unpaired) electrons. The Morgan fingerprint density at radius 2 is 2.67 bits per heavy atom.